The van der Waals surface area contributed by atoms with Gasteiger partial charge < -0.3 is 5.32 Å². The molecule has 0 fully saturated rings. The highest BCUT2D eigenvalue weighted by molar-refractivity contribution is 4.99. The summed E-state index contributed by atoms with van der Waals surface area (Å²) in [6.07, 6.45) is 4.15. The Morgan fingerprint density at radius 2 is 2.42 bits per heavy atom. The van der Waals surface area contributed by atoms with E-state index in [4.69, 9.17) is 0 Å². The minimum atomic E-state index is 1.06. The maximum atomic E-state index is 4.11. The Hall–Kier alpha value is -0.830. The van der Waals surface area contributed by atoms with Gasteiger partial charge in [-0.05, 0) is 32.0 Å². The van der Waals surface area contributed by atoms with Crippen molar-refractivity contribution in [3.63, 3.8) is 0 Å². The summed E-state index contributed by atoms with van der Waals surface area (Å²) in [6.45, 7) is 4.29. The number of aryl methyl sites for hydroxylation is 2. The second-order valence-electron chi connectivity index (χ2n) is 2.90. The summed E-state index contributed by atoms with van der Waals surface area (Å²) in [4.78, 5) is 0. The van der Waals surface area contributed by atoms with Crippen molar-refractivity contribution >= 4 is 0 Å². The van der Waals surface area contributed by atoms with Crippen LogP contribution in [-0.2, 0) is 13.5 Å². The molecule has 0 atom stereocenters. The minimum absolute atomic E-state index is 1.06. The number of nitrogens with zero attached hydrogens (tertiary/aromatic N) is 2. The van der Waals surface area contributed by atoms with Crippen LogP contribution >= 0.6 is 0 Å². The Balaban J connectivity index is 2.20. The van der Waals surface area contributed by atoms with Gasteiger partial charge in [-0.3, -0.25) is 4.68 Å². The van der Waals surface area contributed by atoms with Crippen LogP contribution in [-0.4, -0.2) is 22.9 Å². The summed E-state index contributed by atoms with van der Waals surface area (Å²) in [5.74, 6) is 0. The van der Waals surface area contributed by atoms with Gasteiger partial charge >= 0.3 is 0 Å². The van der Waals surface area contributed by atoms with Gasteiger partial charge in [0.2, 0.25) is 0 Å². The first-order valence-corrected chi connectivity index (χ1v) is 4.52. The van der Waals surface area contributed by atoms with Gasteiger partial charge in [-0.2, -0.15) is 5.10 Å². The first-order chi connectivity index (χ1) is 5.84. The lowest BCUT2D eigenvalue weighted by Crippen LogP contribution is -2.15. The van der Waals surface area contributed by atoms with E-state index in [1.807, 2.05) is 17.9 Å². The predicted octanol–water partition coefficient (Wildman–Crippen LogP) is 0.962. The van der Waals surface area contributed by atoms with Gasteiger partial charge in [0.15, 0.2) is 0 Å². The summed E-state index contributed by atoms with van der Waals surface area (Å²) in [5, 5.41) is 7.41. The van der Waals surface area contributed by atoms with Crippen molar-refractivity contribution in [2.75, 3.05) is 13.1 Å². The lowest BCUT2D eigenvalue weighted by atomic mass is 10.2. The van der Waals surface area contributed by atoms with E-state index in [0.29, 0.717) is 0 Å². The fourth-order valence-corrected chi connectivity index (χ4v) is 1.22. The highest BCUT2D eigenvalue weighted by Gasteiger charge is 1.96. The molecule has 0 amide bonds. The SMILES string of the molecule is CCNCCCc1ccnn1C. The van der Waals surface area contributed by atoms with Crippen LogP contribution in [0.1, 0.15) is 19.0 Å². The van der Waals surface area contributed by atoms with Gasteiger partial charge in [0.1, 0.15) is 0 Å². The highest BCUT2D eigenvalue weighted by atomic mass is 15.2. The summed E-state index contributed by atoms with van der Waals surface area (Å²) < 4.78 is 1.94. The third-order valence-electron chi connectivity index (χ3n) is 1.96. The van der Waals surface area contributed by atoms with Gasteiger partial charge in [-0.25, -0.2) is 0 Å². The second kappa shape index (κ2) is 4.93. The Morgan fingerprint density at radius 1 is 1.58 bits per heavy atom. The predicted molar refractivity (Wildman–Crippen MR) is 50.1 cm³/mol. The van der Waals surface area contributed by atoms with Crippen LogP contribution < -0.4 is 5.32 Å². The zero-order valence-electron chi connectivity index (χ0n) is 7.88. The average molecular weight is 167 g/mol. The molecule has 68 valence electrons. The van der Waals surface area contributed by atoms with Crippen LogP contribution in [0.3, 0.4) is 0 Å². The quantitative estimate of drug-likeness (QED) is 0.662. The number of rotatable bonds is 5. The zero-order chi connectivity index (χ0) is 8.81. The molecule has 1 rings (SSSR count). The molecule has 0 bridgehead atoms. The van der Waals surface area contributed by atoms with Crippen molar-refractivity contribution in [2.24, 2.45) is 7.05 Å². The minimum Gasteiger partial charge on any atom is -0.317 e. The van der Waals surface area contributed by atoms with E-state index in [1.165, 1.54) is 12.1 Å². The van der Waals surface area contributed by atoms with Crippen molar-refractivity contribution in [1.29, 1.82) is 0 Å². The molecule has 1 aromatic heterocycles. The zero-order valence-corrected chi connectivity index (χ0v) is 7.88. The van der Waals surface area contributed by atoms with E-state index in [0.717, 1.165) is 19.5 Å². The Bertz CT molecular complexity index is 217. The van der Waals surface area contributed by atoms with E-state index in [-0.39, 0.29) is 0 Å². The molecule has 1 heterocycles. The number of hydrogen-bond acceptors (Lipinski definition) is 2. The number of aromatic nitrogens is 2. The highest BCUT2D eigenvalue weighted by Crippen LogP contribution is 1.99. The molecule has 0 saturated carbocycles. The van der Waals surface area contributed by atoms with Gasteiger partial charge in [-0.15, -0.1) is 0 Å². The molecule has 0 aliphatic rings. The van der Waals surface area contributed by atoms with Crippen molar-refractivity contribution in [3.05, 3.63) is 18.0 Å². The molecule has 3 nitrogen and oxygen atoms in total. The smallest absolute Gasteiger partial charge is 0.0492 e. The molecule has 3 heteroatoms. The van der Waals surface area contributed by atoms with Crippen LogP contribution in [0.15, 0.2) is 12.3 Å². The molecule has 1 aromatic rings. The standard InChI is InChI=1S/C9H17N3/c1-3-10-7-4-5-9-6-8-11-12(9)2/h6,8,10H,3-5,7H2,1-2H3. The molecule has 0 aliphatic carbocycles. The van der Waals surface area contributed by atoms with Crippen LogP contribution in [0.25, 0.3) is 0 Å². The van der Waals surface area contributed by atoms with Gasteiger partial charge in [0, 0.05) is 18.9 Å². The van der Waals surface area contributed by atoms with E-state index in [2.05, 4.69) is 23.4 Å². The maximum Gasteiger partial charge on any atom is 0.0492 e. The maximum absolute atomic E-state index is 4.11. The Kier molecular flexibility index (Phi) is 3.80. The van der Waals surface area contributed by atoms with Gasteiger partial charge in [0.25, 0.3) is 0 Å². The lowest BCUT2D eigenvalue weighted by molar-refractivity contribution is 0.637. The molecule has 0 unspecified atom stereocenters. The van der Waals surface area contributed by atoms with Gasteiger partial charge in [0.05, 0.1) is 0 Å². The Labute approximate surface area is 73.8 Å². The molecular weight excluding hydrogens is 150 g/mol. The summed E-state index contributed by atoms with van der Waals surface area (Å²) in [6, 6.07) is 2.08. The number of nitrogens with one attached hydrogen (secondary N) is 1. The van der Waals surface area contributed by atoms with Crippen molar-refractivity contribution in [3.8, 4) is 0 Å². The molecule has 0 spiro atoms. The van der Waals surface area contributed by atoms with E-state index >= 15 is 0 Å². The Morgan fingerprint density at radius 3 is 3.00 bits per heavy atom. The van der Waals surface area contributed by atoms with Crippen LogP contribution in [0.4, 0.5) is 0 Å². The topological polar surface area (TPSA) is 29.9 Å². The van der Waals surface area contributed by atoms with E-state index in [9.17, 15) is 0 Å². The lowest BCUT2D eigenvalue weighted by Gasteiger charge is -2.02. The van der Waals surface area contributed by atoms with Crippen LogP contribution in [0.2, 0.25) is 0 Å². The van der Waals surface area contributed by atoms with Crippen molar-refractivity contribution < 1.29 is 0 Å². The molecule has 0 aromatic carbocycles. The van der Waals surface area contributed by atoms with E-state index in [1.54, 1.807) is 0 Å². The summed E-state index contributed by atoms with van der Waals surface area (Å²) in [7, 11) is 1.99. The molecule has 0 radical (unpaired) electrons. The third kappa shape index (κ3) is 2.66. The first kappa shape index (κ1) is 9.26. The molecule has 0 saturated heterocycles. The fourth-order valence-electron chi connectivity index (χ4n) is 1.22. The fraction of sp³-hybridized carbons (Fsp3) is 0.667. The largest absolute Gasteiger partial charge is 0.317 e. The molecular formula is C9H17N3. The monoisotopic (exact) mass is 167 g/mol. The summed E-state index contributed by atoms with van der Waals surface area (Å²) >= 11 is 0. The van der Waals surface area contributed by atoms with E-state index < -0.39 is 0 Å². The third-order valence-corrected chi connectivity index (χ3v) is 1.96. The van der Waals surface area contributed by atoms with Crippen LogP contribution in [0, 0.1) is 0 Å². The van der Waals surface area contributed by atoms with Crippen LogP contribution in [0.5, 0.6) is 0 Å². The molecule has 12 heavy (non-hydrogen) atoms. The van der Waals surface area contributed by atoms with Crippen molar-refractivity contribution in [1.82, 2.24) is 15.1 Å². The number of hydrogen-bond donors (Lipinski definition) is 1. The second-order valence-corrected chi connectivity index (χ2v) is 2.90. The first-order valence-electron chi connectivity index (χ1n) is 4.52. The van der Waals surface area contributed by atoms with Crippen molar-refractivity contribution in [2.45, 2.75) is 19.8 Å². The molecule has 1 N–H and O–H groups in total. The average Bonchev–Trinajstić information content (AvgIpc) is 2.46. The van der Waals surface area contributed by atoms with Gasteiger partial charge in [-0.1, -0.05) is 6.92 Å². The summed E-state index contributed by atoms with van der Waals surface area (Å²) in [5.41, 5.74) is 1.31. The normalized spacial score (nSPS) is 10.5. The molecule has 0 aliphatic heterocycles.